The number of rotatable bonds is 4. The third-order valence-corrected chi connectivity index (χ3v) is 4.87. The van der Waals surface area contributed by atoms with Crippen molar-refractivity contribution >= 4 is 22.2 Å². The zero-order valence-electron chi connectivity index (χ0n) is 11.8. The van der Waals surface area contributed by atoms with Gasteiger partial charge in [-0.05, 0) is 38.3 Å². The molecule has 6 heteroatoms. The number of anilines is 1. The van der Waals surface area contributed by atoms with Gasteiger partial charge in [-0.3, -0.25) is 9.69 Å². The fourth-order valence-corrected chi connectivity index (χ4v) is 3.45. The number of aliphatic hydroxyl groups is 1. The Kier molecular flexibility index (Phi) is 4.76. The van der Waals surface area contributed by atoms with Crippen molar-refractivity contribution in [2.24, 2.45) is 5.92 Å². The van der Waals surface area contributed by atoms with Gasteiger partial charge in [0.1, 0.15) is 11.1 Å². The second kappa shape index (κ2) is 6.35. The average molecular weight is 293 g/mol. The number of carbonyl (C=O) groups is 1. The molecule has 108 valence electrons. The van der Waals surface area contributed by atoms with Gasteiger partial charge in [-0.15, -0.1) is 11.3 Å². The zero-order valence-corrected chi connectivity index (χ0v) is 12.6. The number of amides is 1. The van der Waals surface area contributed by atoms with Crippen molar-refractivity contribution in [1.29, 1.82) is 5.26 Å². The summed E-state index contributed by atoms with van der Waals surface area (Å²) in [4.78, 5) is 15.1. The first-order valence-corrected chi connectivity index (χ1v) is 7.50. The minimum absolute atomic E-state index is 0.0960. The van der Waals surface area contributed by atoms with Crippen LogP contribution in [-0.2, 0) is 4.79 Å². The number of hydrogen-bond donors (Lipinski definition) is 2. The maximum absolute atomic E-state index is 12.0. The molecule has 1 aromatic heterocycles. The number of hydrogen-bond acceptors (Lipinski definition) is 5. The Hall–Kier alpha value is -1.42. The Morgan fingerprint density at radius 3 is 2.95 bits per heavy atom. The highest BCUT2D eigenvalue weighted by Gasteiger charge is 2.24. The summed E-state index contributed by atoms with van der Waals surface area (Å²) in [6, 6.07) is 2.15. The van der Waals surface area contributed by atoms with Crippen LogP contribution in [0, 0.1) is 31.1 Å². The zero-order chi connectivity index (χ0) is 14.7. The number of carbonyl (C=O) groups excluding carboxylic acids is 1. The molecule has 2 rings (SSSR count). The lowest BCUT2D eigenvalue weighted by molar-refractivity contribution is -0.117. The van der Waals surface area contributed by atoms with Gasteiger partial charge >= 0.3 is 0 Å². The molecule has 0 saturated carbocycles. The first-order valence-electron chi connectivity index (χ1n) is 6.68. The first-order chi connectivity index (χ1) is 9.55. The molecule has 2 N–H and O–H groups in total. The van der Waals surface area contributed by atoms with Gasteiger partial charge in [0.25, 0.3) is 0 Å². The summed E-state index contributed by atoms with van der Waals surface area (Å²) in [5.74, 6) is 0.185. The Morgan fingerprint density at radius 2 is 2.35 bits per heavy atom. The second-order valence-corrected chi connectivity index (χ2v) is 6.44. The average Bonchev–Trinajstić information content (AvgIpc) is 2.95. The van der Waals surface area contributed by atoms with E-state index in [1.807, 2.05) is 18.7 Å². The van der Waals surface area contributed by atoms with E-state index in [1.165, 1.54) is 11.3 Å². The minimum atomic E-state index is -0.0960. The van der Waals surface area contributed by atoms with Gasteiger partial charge in [0.15, 0.2) is 0 Å². The topological polar surface area (TPSA) is 76.4 Å². The third kappa shape index (κ3) is 3.18. The minimum Gasteiger partial charge on any atom is -0.396 e. The molecular formula is C14H19N3O2S. The molecule has 0 radical (unpaired) electrons. The van der Waals surface area contributed by atoms with Gasteiger partial charge in [-0.25, -0.2) is 0 Å². The summed E-state index contributed by atoms with van der Waals surface area (Å²) in [5, 5.41) is 21.7. The highest BCUT2D eigenvalue weighted by Crippen LogP contribution is 2.31. The monoisotopic (exact) mass is 293 g/mol. The molecule has 20 heavy (non-hydrogen) atoms. The number of nitrogens with one attached hydrogen (secondary N) is 1. The van der Waals surface area contributed by atoms with E-state index in [4.69, 9.17) is 10.4 Å². The predicted molar refractivity (Wildman–Crippen MR) is 78.8 cm³/mol. The van der Waals surface area contributed by atoms with Crippen LogP contribution >= 0.6 is 11.3 Å². The molecule has 1 fully saturated rings. The van der Waals surface area contributed by atoms with Gasteiger partial charge in [-0.2, -0.15) is 5.26 Å². The summed E-state index contributed by atoms with van der Waals surface area (Å²) in [6.07, 6.45) is 0.935. The van der Waals surface area contributed by atoms with Crippen LogP contribution in [0.5, 0.6) is 0 Å². The number of nitrogens with zero attached hydrogens (tertiary/aromatic N) is 2. The van der Waals surface area contributed by atoms with Gasteiger partial charge in [0, 0.05) is 18.0 Å². The van der Waals surface area contributed by atoms with Crippen LogP contribution in [0.25, 0.3) is 0 Å². The molecule has 1 amide bonds. The smallest absolute Gasteiger partial charge is 0.239 e. The van der Waals surface area contributed by atoms with E-state index >= 15 is 0 Å². The second-order valence-electron chi connectivity index (χ2n) is 5.22. The number of thiophene rings is 1. The highest BCUT2D eigenvalue weighted by atomic mass is 32.1. The van der Waals surface area contributed by atoms with E-state index in [0.29, 0.717) is 17.1 Å². The van der Waals surface area contributed by atoms with Crippen LogP contribution in [0.4, 0.5) is 5.00 Å². The van der Waals surface area contributed by atoms with Crippen molar-refractivity contribution in [1.82, 2.24) is 4.90 Å². The first kappa shape index (κ1) is 15.0. The molecule has 1 aliphatic rings. The van der Waals surface area contributed by atoms with Gasteiger partial charge in [0.05, 0.1) is 12.1 Å². The normalized spacial score (nSPS) is 19.0. The van der Waals surface area contributed by atoms with Crippen LogP contribution < -0.4 is 5.32 Å². The van der Waals surface area contributed by atoms with Crippen molar-refractivity contribution in [2.45, 2.75) is 20.3 Å². The largest absolute Gasteiger partial charge is 0.396 e. The van der Waals surface area contributed by atoms with Crippen LogP contribution in [0.3, 0.4) is 0 Å². The van der Waals surface area contributed by atoms with Gasteiger partial charge in [-0.1, -0.05) is 0 Å². The molecule has 1 aromatic rings. The van der Waals surface area contributed by atoms with Crippen molar-refractivity contribution in [3.8, 4) is 6.07 Å². The molecule has 1 aliphatic heterocycles. The van der Waals surface area contributed by atoms with Crippen LogP contribution in [0.15, 0.2) is 0 Å². The van der Waals surface area contributed by atoms with Gasteiger partial charge in [0.2, 0.25) is 5.91 Å². The van der Waals surface area contributed by atoms with Gasteiger partial charge < -0.3 is 10.4 Å². The van der Waals surface area contributed by atoms with E-state index in [0.717, 1.165) is 30.0 Å². The number of aryl methyl sites for hydroxylation is 1. The van der Waals surface area contributed by atoms with Crippen LogP contribution in [0.1, 0.15) is 22.4 Å². The molecule has 0 spiro atoms. The van der Waals surface area contributed by atoms with Crippen LogP contribution in [-0.4, -0.2) is 42.2 Å². The molecule has 0 aliphatic carbocycles. The lowest BCUT2D eigenvalue weighted by atomic mass is 10.1. The summed E-state index contributed by atoms with van der Waals surface area (Å²) in [7, 11) is 0. The predicted octanol–water partition coefficient (Wildman–Crippen LogP) is 1.49. The highest BCUT2D eigenvalue weighted by molar-refractivity contribution is 7.16. The Bertz CT molecular complexity index is 547. The summed E-state index contributed by atoms with van der Waals surface area (Å²) < 4.78 is 0. The van der Waals surface area contributed by atoms with E-state index in [9.17, 15) is 4.79 Å². The molecule has 5 nitrogen and oxygen atoms in total. The maximum atomic E-state index is 12.0. The Morgan fingerprint density at radius 1 is 1.60 bits per heavy atom. The van der Waals surface area contributed by atoms with Crippen molar-refractivity contribution < 1.29 is 9.90 Å². The molecule has 2 heterocycles. The van der Waals surface area contributed by atoms with Crippen molar-refractivity contribution in [3.05, 3.63) is 16.0 Å². The van der Waals surface area contributed by atoms with E-state index in [2.05, 4.69) is 11.4 Å². The summed E-state index contributed by atoms with van der Waals surface area (Å²) in [5.41, 5.74) is 1.50. The number of nitriles is 1. The molecule has 0 bridgehead atoms. The molecular weight excluding hydrogens is 274 g/mol. The van der Waals surface area contributed by atoms with Crippen molar-refractivity contribution in [2.75, 3.05) is 31.6 Å². The fourth-order valence-electron chi connectivity index (χ4n) is 2.42. The Balaban J connectivity index is 1.96. The maximum Gasteiger partial charge on any atom is 0.239 e. The standard InChI is InChI=1S/C14H19N3O2S/c1-9-10(2)20-14(12(9)5-15)16-13(19)7-17-4-3-11(6-17)8-18/h11,18H,3-4,6-8H2,1-2H3,(H,16,19). The number of likely N-dealkylation sites (tertiary alicyclic amines) is 1. The Labute approximate surface area is 122 Å². The fraction of sp³-hybridized carbons (Fsp3) is 0.571. The third-order valence-electron chi connectivity index (χ3n) is 3.75. The summed E-state index contributed by atoms with van der Waals surface area (Å²) >= 11 is 1.44. The van der Waals surface area contributed by atoms with Crippen molar-refractivity contribution in [3.63, 3.8) is 0 Å². The van der Waals surface area contributed by atoms with Crippen LogP contribution in [0.2, 0.25) is 0 Å². The lowest BCUT2D eigenvalue weighted by Crippen LogP contribution is -2.31. The quantitative estimate of drug-likeness (QED) is 0.882. The molecule has 1 atom stereocenters. The molecule has 0 aromatic carbocycles. The van der Waals surface area contributed by atoms with E-state index < -0.39 is 0 Å². The van der Waals surface area contributed by atoms with E-state index in [1.54, 1.807) is 0 Å². The summed E-state index contributed by atoms with van der Waals surface area (Å²) in [6.45, 7) is 5.94. The SMILES string of the molecule is Cc1sc(NC(=O)CN2CCC(CO)C2)c(C#N)c1C. The molecule has 1 saturated heterocycles. The van der Waals surface area contributed by atoms with E-state index in [-0.39, 0.29) is 18.4 Å². The lowest BCUT2D eigenvalue weighted by Gasteiger charge is -2.14. The number of aliphatic hydroxyl groups excluding tert-OH is 1. The molecule has 1 unspecified atom stereocenters.